The van der Waals surface area contributed by atoms with Gasteiger partial charge < -0.3 is 9.84 Å². The molecule has 0 fully saturated rings. The average Bonchev–Trinajstić information content (AvgIpc) is 2.72. The molecule has 3 rings (SSSR count). The van der Waals surface area contributed by atoms with Crippen LogP contribution < -0.4 is 0 Å². The Hall–Kier alpha value is -2.23. The number of aliphatic hydroxyl groups is 1. The number of ether oxygens (including phenoxy) is 1. The molecule has 2 atom stereocenters. The van der Waals surface area contributed by atoms with Gasteiger partial charge in [-0.15, -0.1) is 0 Å². The molecule has 0 aliphatic carbocycles. The highest BCUT2D eigenvalue weighted by atomic mass is 16.5. The number of aliphatic hydroxyl groups excluding tert-OH is 1. The van der Waals surface area contributed by atoms with E-state index in [0.717, 1.165) is 12.8 Å². The normalized spacial score (nSPS) is 19.6. The van der Waals surface area contributed by atoms with Crippen LogP contribution in [0, 0.1) is 0 Å². The third kappa shape index (κ3) is 4.58. The molecule has 3 nitrogen and oxygen atoms in total. The number of allylic oxidation sites excluding steroid dienone is 1. The Morgan fingerprint density at radius 1 is 1.13 bits per heavy atom. The molecule has 3 heteroatoms. The first-order chi connectivity index (χ1) is 14.4. The molecule has 0 bridgehead atoms. The summed E-state index contributed by atoms with van der Waals surface area (Å²) in [5, 5.41) is 13.0. The van der Waals surface area contributed by atoms with E-state index < -0.39 is 0 Å². The lowest BCUT2D eigenvalue weighted by molar-refractivity contribution is -0.489. The Bertz CT molecular complexity index is 963. The number of benzene rings is 2. The molecule has 1 aliphatic rings. The van der Waals surface area contributed by atoms with E-state index in [0.29, 0.717) is 6.61 Å². The van der Waals surface area contributed by atoms with Crippen molar-refractivity contribution < 1.29 is 14.4 Å². The van der Waals surface area contributed by atoms with Crippen molar-refractivity contribution in [2.45, 2.75) is 57.9 Å². The van der Waals surface area contributed by atoms with Crippen LogP contribution in [0.4, 0.5) is 0 Å². The fourth-order valence-corrected chi connectivity index (χ4v) is 4.42. The fourth-order valence-electron chi connectivity index (χ4n) is 4.42. The molecule has 1 aliphatic heterocycles. The lowest BCUT2D eigenvalue weighted by atomic mass is 9.76. The predicted molar refractivity (Wildman–Crippen MR) is 127 cm³/mol. The molecule has 1 N–H and O–H groups in total. The summed E-state index contributed by atoms with van der Waals surface area (Å²) in [7, 11) is 1.70. The number of hydrogen-bond donors (Lipinski definition) is 1. The third-order valence-electron chi connectivity index (χ3n) is 5.87. The van der Waals surface area contributed by atoms with E-state index in [1.165, 1.54) is 27.5 Å². The molecule has 2 aromatic rings. The molecule has 0 saturated heterocycles. The number of fused-ring (bicyclic) bond motifs is 3. The van der Waals surface area contributed by atoms with Crippen LogP contribution >= 0.6 is 0 Å². The number of unbranched alkanes of at least 4 members (excludes halogenated alkanes) is 1. The van der Waals surface area contributed by atoms with Crippen molar-refractivity contribution in [1.82, 2.24) is 0 Å². The molecule has 2 unspecified atom stereocenters. The maximum absolute atomic E-state index is 10.5. The second-order valence-corrected chi connectivity index (χ2v) is 9.14. The summed E-state index contributed by atoms with van der Waals surface area (Å²) >= 11 is 0. The Morgan fingerprint density at radius 3 is 2.50 bits per heavy atom. The van der Waals surface area contributed by atoms with Crippen LogP contribution in [0.25, 0.3) is 10.8 Å². The van der Waals surface area contributed by atoms with Gasteiger partial charge in [-0.2, -0.15) is 4.58 Å². The molecule has 2 aromatic carbocycles. The van der Waals surface area contributed by atoms with Crippen molar-refractivity contribution in [3.63, 3.8) is 0 Å². The van der Waals surface area contributed by atoms with Crippen molar-refractivity contribution in [2.24, 2.45) is 0 Å². The Balaban J connectivity index is 2.27. The van der Waals surface area contributed by atoms with E-state index in [2.05, 4.69) is 93.2 Å². The first-order valence-corrected chi connectivity index (χ1v) is 11.0. The topological polar surface area (TPSA) is 32.5 Å². The summed E-state index contributed by atoms with van der Waals surface area (Å²) in [5.41, 5.74) is 3.83. The van der Waals surface area contributed by atoms with Crippen molar-refractivity contribution in [2.75, 3.05) is 20.3 Å². The minimum atomic E-state index is -0.0108. The number of hydrogen-bond acceptors (Lipinski definition) is 2. The first kappa shape index (κ1) is 22.5. The van der Waals surface area contributed by atoms with E-state index >= 15 is 0 Å². The number of methoxy groups -OCH3 is 1. The minimum absolute atomic E-state index is 0.0108. The second-order valence-electron chi connectivity index (χ2n) is 9.14. The lowest BCUT2D eigenvalue weighted by Crippen LogP contribution is -2.36. The van der Waals surface area contributed by atoms with E-state index in [1.54, 1.807) is 7.11 Å². The monoisotopic (exact) mass is 406 g/mol. The molecular formula is C27H36NO2+. The van der Waals surface area contributed by atoms with E-state index in [1.807, 2.05) is 0 Å². The SMILES string of the molecule is CCC/C=C\[N+]1=Cc2cc(C(C)(C)C)c3ccccc3c2C(CO)C1/C=C/COC. The van der Waals surface area contributed by atoms with E-state index in [-0.39, 0.29) is 24.0 Å². The number of nitrogens with zero attached hydrogens (tertiary/aromatic N) is 1. The third-order valence-corrected chi connectivity index (χ3v) is 5.87. The standard InChI is InChI=1S/C27H36NO2/c1-6-7-10-15-28-18-20-17-24(27(2,3)4)21-12-8-9-13-22(21)26(20)23(19-29)25(28)14-11-16-30-5/h8-15,17-18,23,25,29H,6-7,16,19H2,1-5H3/q+1/b14-11+,15-10-. The van der Waals surface area contributed by atoms with Crippen LogP contribution in [0.2, 0.25) is 0 Å². The van der Waals surface area contributed by atoms with Gasteiger partial charge in [0.2, 0.25) is 0 Å². The van der Waals surface area contributed by atoms with Gasteiger partial charge in [0.25, 0.3) is 0 Å². The van der Waals surface area contributed by atoms with E-state index in [4.69, 9.17) is 4.74 Å². The van der Waals surface area contributed by atoms with Crippen molar-refractivity contribution in [1.29, 1.82) is 0 Å². The quantitative estimate of drug-likeness (QED) is 0.483. The van der Waals surface area contributed by atoms with Crippen molar-refractivity contribution >= 4 is 17.0 Å². The molecule has 0 spiro atoms. The lowest BCUT2D eigenvalue weighted by Gasteiger charge is -2.30. The maximum atomic E-state index is 10.5. The van der Waals surface area contributed by atoms with Crippen LogP contribution in [-0.4, -0.2) is 42.3 Å². The van der Waals surface area contributed by atoms with Crippen LogP contribution in [-0.2, 0) is 10.2 Å². The minimum Gasteiger partial charge on any atom is -0.395 e. The van der Waals surface area contributed by atoms with Gasteiger partial charge >= 0.3 is 0 Å². The largest absolute Gasteiger partial charge is 0.395 e. The molecule has 0 saturated carbocycles. The molecule has 160 valence electrons. The van der Waals surface area contributed by atoms with Gasteiger partial charge in [0, 0.05) is 12.7 Å². The van der Waals surface area contributed by atoms with Gasteiger partial charge in [-0.3, -0.25) is 0 Å². The van der Waals surface area contributed by atoms with Crippen LogP contribution in [0.3, 0.4) is 0 Å². The highest BCUT2D eigenvalue weighted by Gasteiger charge is 2.37. The summed E-state index contributed by atoms with van der Waals surface area (Å²) in [4.78, 5) is 0. The molecule has 0 radical (unpaired) electrons. The summed E-state index contributed by atoms with van der Waals surface area (Å²) in [6, 6.07) is 11.0. The smallest absolute Gasteiger partial charge is 0.185 e. The number of rotatable bonds is 7. The average molecular weight is 407 g/mol. The fraction of sp³-hybridized carbons (Fsp3) is 0.444. The van der Waals surface area contributed by atoms with Crippen molar-refractivity contribution in [3.05, 3.63) is 71.5 Å². The van der Waals surface area contributed by atoms with E-state index in [9.17, 15) is 5.11 Å². The van der Waals surface area contributed by atoms with Gasteiger partial charge in [0.15, 0.2) is 18.5 Å². The molecule has 0 amide bonds. The Morgan fingerprint density at radius 2 is 1.87 bits per heavy atom. The molecule has 1 heterocycles. The highest BCUT2D eigenvalue weighted by molar-refractivity contribution is 5.97. The molecule has 30 heavy (non-hydrogen) atoms. The van der Waals surface area contributed by atoms with Crippen LogP contribution in [0.1, 0.15) is 63.1 Å². The summed E-state index contributed by atoms with van der Waals surface area (Å²) < 4.78 is 7.49. The zero-order valence-electron chi connectivity index (χ0n) is 19.1. The molecular weight excluding hydrogens is 370 g/mol. The van der Waals surface area contributed by atoms with Crippen LogP contribution in [0.5, 0.6) is 0 Å². The maximum Gasteiger partial charge on any atom is 0.185 e. The Labute approximate surface area is 181 Å². The molecule has 0 aromatic heterocycles. The van der Waals surface area contributed by atoms with Gasteiger partial charge in [0.1, 0.15) is 0 Å². The van der Waals surface area contributed by atoms with Crippen molar-refractivity contribution in [3.8, 4) is 0 Å². The summed E-state index contributed by atoms with van der Waals surface area (Å²) in [6.07, 6.45) is 13.0. The second kappa shape index (κ2) is 9.72. The zero-order chi connectivity index (χ0) is 21.7. The Kier molecular flexibility index (Phi) is 7.27. The predicted octanol–water partition coefficient (Wildman–Crippen LogP) is 5.54. The van der Waals surface area contributed by atoms with Crippen LogP contribution in [0.15, 0.2) is 54.8 Å². The summed E-state index contributed by atoms with van der Waals surface area (Å²) in [5.74, 6) is -0.0108. The van der Waals surface area contributed by atoms with Gasteiger partial charge in [-0.1, -0.05) is 64.5 Å². The highest BCUT2D eigenvalue weighted by Crippen LogP contribution is 2.39. The van der Waals surface area contributed by atoms with Gasteiger partial charge in [0.05, 0.1) is 19.1 Å². The first-order valence-electron chi connectivity index (χ1n) is 11.0. The summed E-state index contributed by atoms with van der Waals surface area (Å²) in [6.45, 7) is 9.65. The van der Waals surface area contributed by atoms with Gasteiger partial charge in [-0.25, -0.2) is 0 Å². The zero-order valence-corrected chi connectivity index (χ0v) is 19.1. The van der Waals surface area contributed by atoms with Gasteiger partial charge in [-0.05, 0) is 52.0 Å².